The van der Waals surface area contributed by atoms with Crippen LogP contribution >= 0.6 is 0 Å². The predicted octanol–water partition coefficient (Wildman–Crippen LogP) is 3.36. The van der Waals surface area contributed by atoms with Gasteiger partial charge in [-0.05, 0) is 36.4 Å². The lowest BCUT2D eigenvalue weighted by atomic mass is 10.2. The van der Waals surface area contributed by atoms with E-state index in [4.69, 9.17) is 4.74 Å². The Hall–Kier alpha value is -2.57. The van der Waals surface area contributed by atoms with Crippen molar-refractivity contribution in [3.63, 3.8) is 0 Å². The molecule has 110 valence electrons. The maximum absolute atomic E-state index is 12.4. The van der Waals surface area contributed by atoms with Gasteiger partial charge < -0.3 is 10.1 Å². The van der Waals surface area contributed by atoms with Gasteiger partial charge in [0.25, 0.3) is 5.91 Å². The van der Waals surface area contributed by atoms with Gasteiger partial charge in [-0.2, -0.15) is 13.2 Å². The molecule has 0 unspecified atom stereocenters. The van der Waals surface area contributed by atoms with E-state index in [-0.39, 0.29) is 17.1 Å². The number of amides is 1. The number of benzene rings is 1. The Morgan fingerprint density at radius 2 is 1.86 bits per heavy atom. The molecule has 1 aromatic carbocycles. The Labute approximate surface area is 118 Å². The lowest BCUT2D eigenvalue weighted by molar-refractivity contribution is -0.137. The highest BCUT2D eigenvalue weighted by Crippen LogP contribution is 2.30. The Morgan fingerprint density at radius 3 is 2.43 bits per heavy atom. The number of hydrogen-bond donors (Lipinski definition) is 1. The van der Waals surface area contributed by atoms with Gasteiger partial charge >= 0.3 is 6.18 Å². The highest BCUT2D eigenvalue weighted by Gasteiger charge is 2.30. The van der Waals surface area contributed by atoms with Crippen LogP contribution in [0.15, 0.2) is 42.6 Å². The van der Waals surface area contributed by atoms with E-state index in [9.17, 15) is 18.0 Å². The summed E-state index contributed by atoms with van der Waals surface area (Å²) in [6, 6.07) is 7.23. The molecule has 2 aromatic rings. The molecule has 2 rings (SSSR count). The SMILES string of the molecule is COc1ncccc1C(=O)Nc1ccc(C(F)(F)F)cc1. The number of nitrogens with zero attached hydrogens (tertiary/aromatic N) is 1. The Bertz CT molecular complexity index is 639. The number of carbonyl (C=O) groups is 1. The summed E-state index contributed by atoms with van der Waals surface area (Å²) in [5, 5.41) is 2.49. The van der Waals surface area contributed by atoms with Gasteiger partial charge in [0.15, 0.2) is 0 Å². The number of halogens is 3. The van der Waals surface area contributed by atoms with Gasteiger partial charge in [-0.3, -0.25) is 4.79 Å². The van der Waals surface area contributed by atoms with Crippen molar-refractivity contribution in [2.75, 3.05) is 12.4 Å². The molecule has 1 amide bonds. The number of anilines is 1. The van der Waals surface area contributed by atoms with Gasteiger partial charge in [-0.1, -0.05) is 0 Å². The van der Waals surface area contributed by atoms with Crippen molar-refractivity contribution < 1.29 is 22.7 Å². The smallest absolute Gasteiger partial charge is 0.416 e. The third kappa shape index (κ3) is 3.50. The standard InChI is InChI=1S/C14H11F3N2O2/c1-21-13-11(3-2-8-18-13)12(20)19-10-6-4-9(5-7-10)14(15,16)17/h2-8H,1H3,(H,19,20). The first-order chi connectivity index (χ1) is 9.91. The van der Waals surface area contributed by atoms with Crippen molar-refractivity contribution in [3.05, 3.63) is 53.7 Å². The third-order valence-corrected chi connectivity index (χ3v) is 2.68. The molecule has 4 nitrogen and oxygen atoms in total. The first-order valence-corrected chi connectivity index (χ1v) is 5.89. The monoisotopic (exact) mass is 296 g/mol. The summed E-state index contributed by atoms with van der Waals surface area (Å²) in [5.74, 6) is -0.373. The first-order valence-electron chi connectivity index (χ1n) is 5.89. The first kappa shape index (κ1) is 14.8. The van der Waals surface area contributed by atoms with Crippen LogP contribution < -0.4 is 10.1 Å². The van der Waals surface area contributed by atoms with Gasteiger partial charge in [-0.15, -0.1) is 0 Å². The van der Waals surface area contributed by atoms with E-state index < -0.39 is 17.6 Å². The number of alkyl halides is 3. The fourth-order valence-corrected chi connectivity index (χ4v) is 1.67. The number of ether oxygens (including phenoxy) is 1. The summed E-state index contributed by atoms with van der Waals surface area (Å²) in [6.07, 6.45) is -2.94. The van der Waals surface area contributed by atoms with E-state index in [2.05, 4.69) is 10.3 Å². The Morgan fingerprint density at radius 1 is 1.19 bits per heavy atom. The highest BCUT2D eigenvalue weighted by atomic mass is 19.4. The van der Waals surface area contributed by atoms with Crippen LogP contribution in [0.5, 0.6) is 5.88 Å². The van der Waals surface area contributed by atoms with Gasteiger partial charge in [0, 0.05) is 11.9 Å². The zero-order valence-electron chi connectivity index (χ0n) is 10.9. The maximum Gasteiger partial charge on any atom is 0.416 e. The van der Waals surface area contributed by atoms with E-state index in [1.165, 1.54) is 31.5 Å². The number of nitrogens with one attached hydrogen (secondary N) is 1. The number of aromatic nitrogens is 1. The summed E-state index contributed by atoms with van der Waals surface area (Å²) >= 11 is 0. The highest BCUT2D eigenvalue weighted by molar-refractivity contribution is 6.05. The Balaban J connectivity index is 2.16. The average molecular weight is 296 g/mol. The molecule has 1 aromatic heterocycles. The minimum absolute atomic E-state index is 0.141. The fourth-order valence-electron chi connectivity index (χ4n) is 1.67. The number of hydrogen-bond acceptors (Lipinski definition) is 3. The van der Waals surface area contributed by atoms with Crippen LogP contribution in [0.25, 0.3) is 0 Å². The van der Waals surface area contributed by atoms with E-state index in [0.717, 1.165) is 12.1 Å². The zero-order valence-corrected chi connectivity index (χ0v) is 10.9. The summed E-state index contributed by atoms with van der Waals surface area (Å²) in [6.45, 7) is 0. The molecule has 0 bridgehead atoms. The molecule has 0 aliphatic heterocycles. The Kier molecular flexibility index (Phi) is 4.11. The van der Waals surface area contributed by atoms with Gasteiger partial charge in [0.05, 0.1) is 12.7 Å². The largest absolute Gasteiger partial charge is 0.480 e. The van der Waals surface area contributed by atoms with E-state index >= 15 is 0 Å². The van der Waals surface area contributed by atoms with E-state index in [0.29, 0.717) is 0 Å². The van der Waals surface area contributed by atoms with Gasteiger partial charge in [0.1, 0.15) is 5.56 Å². The molecule has 7 heteroatoms. The summed E-state index contributed by atoms with van der Waals surface area (Å²) in [7, 11) is 1.37. The lowest BCUT2D eigenvalue weighted by Crippen LogP contribution is -2.14. The van der Waals surface area contributed by atoms with E-state index in [1.807, 2.05) is 0 Å². The van der Waals surface area contributed by atoms with Crippen LogP contribution in [-0.2, 0) is 6.18 Å². The topological polar surface area (TPSA) is 51.2 Å². The van der Waals surface area contributed by atoms with Crippen LogP contribution in [0.1, 0.15) is 15.9 Å². The van der Waals surface area contributed by atoms with E-state index in [1.54, 1.807) is 6.07 Å². The molecule has 0 spiro atoms. The van der Waals surface area contributed by atoms with Crippen molar-refractivity contribution in [1.82, 2.24) is 4.98 Å². The molecule has 0 aliphatic carbocycles. The maximum atomic E-state index is 12.4. The lowest BCUT2D eigenvalue weighted by Gasteiger charge is -2.10. The second-order valence-electron chi connectivity index (χ2n) is 4.09. The van der Waals surface area contributed by atoms with Crippen molar-refractivity contribution in [1.29, 1.82) is 0 Å². The number of pyridine rings is 1. The molecule has 1 N–H and O–H groups in total. The quantitative estimate of drug-likeness (QED) is 0.945. The van der Waals surface area contributed by atoms with Crippen molar-refractivity contribution in [2.24, 2.45) is 0 Å². The molecule has 21 heavy (non-hydrogen) atoms. The molecule has 0 saturated heterocycles. The normalized spacial score (nSPS) is 11.0. The molecule has 0 saturated carbocycles. The van der Waals surface area contributed by atoms with Crippen LogP contribution in [0.2, 0.25) is 0 Å². The number of rotatable bonds is 3. The van der Waals surface area contributed by atoms with Crippen LogP contribution in [-0.4, -0.2) is 18.0 Å². The molecule has 0 aliphatic rings. The molecule has 0 radical (unpaired) electrons. The van der Waals surface area contributed by atoms with Crippen molar-refractivity contribution >= 4 is 11.6 Å². The minimum Gasteiger partial charge on any atom is -0.480 e. The fraction of sp³-hybridized carbons (Fsp3) is 0.143. The summed E-state index contributed by atoms with van der Waals surface area (Å²) in [5.41, 5.74) is -0.335. The van der Waals surface area contributed by atoms with Gasteiger partial charge in [-0.25, -0.2) is 4.98 Å². The molecular formula is C14H11F3N2O2. The summed E-state index contributed by atoms with van der Waals surface area (Å²) in [4.78, 5) is 15.9. The summed E-state index contributed by atoms with van der Waals surface area (Å²) < 4.78 is 42.2. The average Bonchev–Trinajstić information content (AvgIpc) is 2.46. The minimum atomic E-state index is -4.41. The number of carbonyl (C=O) groups excluding carboxylic acids is 1. The second kappa shape index (κ2) is 5.82. The molecular weight excluding hydrogens is 285 g/mol. The van der Waals surface area contributed by atoms with Crippen molar-refractivity contribution in [3.8, 4) is 5.88 Å². The van der Waals surface area contributed by atoms with Crippen LogP contribution in [0.4, 0.5) is 18.9 Å². The second-order valence-corrected chi connectivity index (χ2v) is 4.09. The van der Waals surface area contributed by atoms with Gasteiger partial charge in [0.2, 0.25) is 5.88 Å². The van der Waals surface area contributed by atoms with Crippen LogP contribution in [0, 0.1) is 0 Å². The molecule has 1 heterocycles. The number of methoxy groups -OCH3 is 1. The van der Waals surface area contributed by atoms with Crippen LogP contribution in [0.3, 0.4) is 0 Å². The molecule has 0 fully saturated rings. The molecule has 0 atom stereocenters. The third-order valence-electron chi connectivity index (χ3n) is 2.68. The predicted molar refractivity (Wildman–Crippen MR) is 70.2 cm³/mol. The zero-order chi connectivity index (χ0) is 15.5. The van der Waals surface area contributed by atoms with Crippen molar-refractivity contribution in [2.45, 2.75) is 6.18 Å².